The molecule has 0 spiro atoms. The Balaban J connectivity index is 1.34. The zero-order valence-corrected chi connectivity index (χ0v) is 36.4. The quantitative estimate of drug-likeness (QED) is 0.128. The Morgan fingerprint density at radius 2 is 0.923 bits per heavy atom. The molecule has 8 rings (SSSR count). The Morgan fingerprint density at radius 3 is 1.31 bits per heavy atom. The maximum absolute atomic E-state index is 8.86. The molecule has 4 heteroatoms. The molecule has 0 saturated carbocycles. The second-order valence-electron chi connectivity index (χ2n) is 16.6. The third-order valence-electron chi connectivity index (χ3n) is 11.9. The molecule has 52 heavy (non-hydrogen) atoms. The minimum absolute atomic E-state index is 0.0742. The first kappa shape index (κ1) is 36.0. The summed E-state index contributed by atoms with van der Waals surface area (Å²) in [5.41, 5.74) is 13.4. The van der Waals surface area contributed by atoms with Crippen LogP contribution >= 0.6 is 17.0 Å². The standard InChI is InChI=1S/2C23H21.C2H7Si.2ClH.Zr/c2*1-16(2)12-17-13-20-8-5-9-22(23(20)14-17)21-11-10-18-6-3-4-7-19(18)15-21;1-3-2;;;/h2*3-11,13-16H,12H2,1-2H3;3H,1-2H3;2*1H;/q;;;;;+2/p-2. The van der Waals surface area contributed by atoms with Gasteiger partial charge in [0.25, 0.3) is 0 Å². The molecule has 0 fully saturated rings. The average molecular weight is 816 g/mol. The normalized spacial score (nSPS) is 17.8. The fourth-order valence-electron chi connectivity index (χ4n) is 9.58. The third kappa shape index (κ3) is 5.98. The summed E-state index contributed by atoms with van der Waals surface area (Å²) in [6, 6.07) is 45.0. The first-order chi connectivity index (χ1) is 24.9. The molecular formula is C48H49Cl2SiZr. The summed E-state index contributed by atoms with van der Waals surface area (Å²) in [5, 5.41) is 5.06. The molecule has 0 amide bonds. The van der Waals surface area contributed by atoms with E-state index in [1.165, 1.54) is 77.2 Å². The van der Waals surface area contributed by atoms with Gasteiger partial charge < -0.3 is 0 Å². The van der Waals surface area contributed by atoms with E-state index in [9.17, 15) is 0 Å². The molecule has 0 aromatic heterocycles. The number of allylic oxidation sites excluding steroid dienone is 2. The van der Waals surface area contributed by atoms with Crippen molar-refractivity contribution in [1.82, 2.24) is 0 Å². The van der Waals surface area contributed by atoms with Crippen molar-refractivity contribution in [2.75, 3.05) is 0 Å². The second kappa shape index (κ2) is 13.7. The fourth-order valence-corrected chi connectivity index (χ4v) is 40.9. The van der Waals surface area contributed by atoms with Gasteiger partial charge in [0, 0.05) is 0 Å². The summed E-state index contributed by atoms with van der Waals surface area (Å²) in [5.74, 6) is -0.704. The molecule has 6 aromatic rings. The molecule has 2 atom stereocenters. The van der Waals surface area contributed by atoms with E-state index in [4.69, 9.17) is 17.0 Å². The third-order valence-corrected chi connectivity index (χ3v) is 63.8. The predicted molar refractivity (Wildman–Crippen MR) is 230 cm³/mol. The molecule has 0 radical (unpaired) electrons. The summed E-state index contributed by atoms with van der Waals surface area (Å²) >= 11 is -4.95. The Kier molecular flexibility index (Phi) is 9.48. The molecule has 6 aromatic carbocycles. The Bertz CT molecular complexity index is 2250. The van der Waals surface area contributed by atoms with Gasteiger partial charge >= 0.3 is 322 Å². The van der Waals surface area contributed by atoms with Crippen LogP contribution in [-0.2, 0) is 15.6 Å². The predicted octanol–water partition coefficient (Wildman–Crippen LogP) is 15.0. The minimum atomic E-state index is -4.95. The van der Waals surface area contributed by atoms with Crippen LogP contribution in [0.3, 0.4) is 0 Å². The van der Waals surface area contributed by atoms with Crippen LogP contribution in [0.2, 0.25) is 13.1 Å². The number of hydrogen-bond acceptors (Lipinski definition) is 0. The van der Waals surface area contributed by atoms with E-state index in [0.29, 0.717) is 11.8 Å². The van der Waals surface area contributed by atoms with Crippen LogP contribution in [0.5, 0.6) is 0 Å². The van der Waals surface area contributed by atoms with Crippen molar-refractivity contribution >= 4 is 56.6 Å². The number of halogens is 2. The summed E-state index contributed by atoms with van der Waals surface area (Å²) < 4.78 is 0.148. The molecule has 0 N–H and O–H groups in total. The van der Waals surface area contributed by atoms with Crippen molar-refractivity contribution in [2.45, 2.75) is 60.9 Å². The molecular weight excluding hydrogens is 767 g/mol. The van der Waals surface area contributed by atoms with E-state index in [-0.39, 0.29) is 7.25 Å². The van der Waals surface area contributed by atoms with Gasteiger partial charge in [-0.2, -0.15) is 0 Å². The molecule has 0 nitrogen and oxygen atoms in total. The van der Waals surface area contributed by atoms with Crippen molar-refractivity contribution < 1.29 is 15.6 Å². The number of fused-ring (bicyclic) bond motifs is 4. The second-order valence-corrected chi connectivity index (χ2v) is 59.1. The van der Waals surface area contributed by atoms with Gasteiger partial charge in [0.1, 0.15) is 0 Å². The zero-order chi connectivity index (χ0) is 36.4. The van der Waals surface area contributed by atoms with Crippen LogP contribution in [0, 0.1) is 11.8 Å². The summed E-state index contributed by atoms with van der Waals surface area (Å²) in [6.45, 7) is 14.3. The van der Waals surface area contributed by atoms with Gasteiger partial charge in [-0.15, -0.1) is 0 Å². The van der Waals surface area contributed by atoms with Gasteiger partial charge in [-0.25, -0.2) is 0 Å². The molecule has 2 aliphatic rings. The van der Waals surface area contributed by atoms with Gasteiger partial charge in [0.15, 0.2) is 0 Å². The van der Waals surface area contributed by atoms with E-state index < -0.39 is 21.5 Å². The van der Waals surface area contributed by atoms with Gasteiger partial charge in [-0.05, 0) is 0 Å². The van der Waals surface area contributed by atoms with Crippen molar-refractivity contribution in [2.24, 2.45) is 11.8 Å². The number of benzene rings is 6. The molecule has 2 aliphatic carbocycles. The maximum atomic E-state index is 8.86. The monoisotopic (exact) mass is 813 g/mol. The van der Waals surface area contributed by atoms with Crippen LogP contribution in [0.4, 0.5) is 0 Å². The van der Waals surface area contributed by atoms with Crippen LogP contribution < -0.4 is 0 Å². The Labute approximate surface area is 319 Å². The van der Waals surface area contributed by atoms with Crippen LogP contribution in [0.25, 0.3) is 56.0 Å². The zero-order valence-electron chi connectivity index (χ0n) is 31.3. The van der Waals surface area contributed by atoms with Gasteiger partial charge in [0.05, 0.1) is 0 Å². The SMILES string of the molecule is CC(C)CC1=Cc2c(-c3ccc4ccccc4c3)cccc2[CH]1[Zr]([Cl])([Cl])([CH]1C(CC(C)C)=Cc2c(-c3ccc4ccccc4c3)cccc21)[SiH](C)C. The van der Waals surface area contributed by atoms with Crippen LogP contribution in [0.15, 0.2) is 132 Å². The van der Waals surface area contributed by atoms with Gasteiger partial charge in [0.2, 0.25) is 0 Å². The summed E-state index contributed by atoms with van der Waals surface area (Å²) in [6.07, 6.45) is 7.04. The number of hydrogen-bond donors (Lipinski definition) is 0. The van der Waals surface area contributed by atoms with Crippen LogP contribution in [0.1, 0.15) is 70.0 Å². The van der Waals surface area contributed by atoms with E-state index in [1.807, 2.05) is 0 Å². The molecule has 0 saturated heterocycles. The molecule has 0 bridgehead atoms. The van der Waals surface area contributed by atoms with Crippen LogP contribution in [-0.4, -0.2) is 5.92 Å². The van der Waals surface area contributed by atoms with Gasteiger partial charge in [-0.1, -0.05) is 0 Å². The van der Waals surface area contributed by atoms with Crippen molar-refractivity contribution in [3.05, 3.63) is 155 Å². The first-order valence-electron chi connectivity index (χ1n) is 19.2. The first-order valence-corrected chi connectivity index (χ1v) is 35.5. The van der Waals surface area contributed by atoms with Crippen molar-refractivity contribution in [3.63, 3.8) is 0 Å². The van der Waals surface area contributed by atoms with Crippen molar-refractivity contribution in [1.29, 1.82) is 0 Å². The van der Waals surface area contributed by atoms with E-state index >= 15 is 0 Å². The number of rotatable bonds is 9. The topological polar surface area (TPSA) is 0 Å². The molecule has 2 unspecified atom stereocenters. The summed E-state index contributed by atoms with van der Waals surface area (Å²) in [7, 11) is 17.7. The molecule has 0 aliphatic heterocycles. The summed E-state index contributed by atoms with van der Waals surface area (Å²) in [4.78, 5) is 0. The fraction of sp³-hybridized carbons (Fsp3) is 0.250. The van der Waals surface area contributed by atoms with Gasteiger partial charge in [-0.3, -0.25) is 0 Å². The molecule has 0 heterocycles. The van der Waals surface area contributed by atoms with E-state index in [2.05, 4.69) is 174 Å². The Morgan fingerprint density at radius 1 is 0.519 bits per heavy atom. The average Bonchev–Trinajstić information content (AvgIpc) is 3.69. The Hall–Kier alpha value is -3.00. The van der Waals surface area contributed by atoms with Crippen molar-refractivity contribution in [3.8, 4) is 22.3 Å². The molecule has 263 valence electrons. The van der Waals surface area contributed by atoms with E-state index in [1.54, 1.807) is 0 Å². The van der Waals surface area contributed by atoms with E-state index in [0.717, 1.165) is 12.8 Å².